The number of ether oxygens (including phenoxy) is 2. The first-order valence-electron chi connectivity index (χ1n) is 9.54. The van der Waals surface area contributed by atoms with Crippen molar-refractivity contribution in [3.8, 4) is 11.1 Å². The van der Waals surface area contributed by atoms with Gasteiger partial charge in [0.15, 0.2) is 0 Å². The molecule has 2 heterocycles. The molecule has 2 unspecified atom stereocenters. The SMILES string of the molecule is COC1CN(c2c(-c3cc(F)cc(F)c3)cnc3ccccc23)CCC1OC(N)=O. The average molecular weight is 413 g/mol. The normalized spacial score (nSPS) is 19.1. The van der Waals surface area contributed by atoms with Crippen LogP contribution >= 0.6 is 0 Å². The number of aromatic nitrogens is 1. The number of amides is 1. The van der Waals surface area contributed by atoms with Gasteiger partial charge in [0, 0.05) is 49.8 Å². The van der Waals surface area contributed by atoms with Crippen LogP contribution in [0.25, 0.3) is 22.0 Å². The van der Waals surface area contributed by atoms with Crippen molar-refractivity contribution in [3.63, 3.8) is 0 Å². The van der Waals surface area contributed by atoms with Crippen LogP contribution in [-0.4, -0.2) is 43.5 Å². The standard InChI is InChI=1S/C22H21F2N3O3/c1-29-20-12-27(7-6-19(20)30-22(25)28)21-16-4-2-3-5-18(16)26-11-17(21)13-8-14(23)10-15(24)9-13/h2-5,8-11,19-20H,6-7,12H2,1H3,(H2,25,28). The first kappa shape index (κ1) is 20.0. The minimum absolute atomic E-state index is 0.394. The molecule has 1 aliphatic rings. The lowest BCUT2D eigenvalue weighted by molar-refractivity contribution is -0.0278. The molecule has 156 valence electrons. The highest BCUT2D eigenvalue weighted by atomic mass is 19.1. The van der Waals surface area contributed by atoms with Crippen molar-refractivity contribution >= 4 is 22.7 Å². The molecular formula is C22H21F2N3O3. The minimum atomic E-state index is -0.846. The topological polar surface area (TPSA) is 77.7 Å². The fraction of sp³-hybridized carbons (Fsp3) is 0.273. The number of halogens is 2. The van der Waals surface area contributed by atoms with Crippen LogP contribution in [0, 0.1) is 11.6 Å². The smallest absolute Gasteiger partial charge is 0.404 e. The molecule has 3 aromatic rings. The second-order valence-corrected chi connectivity index (χ2v) is 7.18. The molecule has 30 heavy (non-hydrogen) atoms. The Labute approximate surface area is 172 Å². The van der Waals surface area contributed by atoms with Crippen LogP contribution in [-0.2, 0) is 9.47 Å². The number of methoxy groups -OCH3 is 1. The summed E-state index contributed by atoms with van der Waals surface area (Å²) in [6.45, 7) is 0.948. The van der Waals surface area contributed by atoms with Gasteiger partial charge in [-0.25, -0.2) is 13.6 Å². The molecule has 8 heteroatoms. The number of nitrogens with zero attached hydrogens (tertiary/aromatic N) is 2. The number of primary amides is 1. The van der Waals surface area contributed by atoms with Gasteiger partial charge in [0.25, 0.3) is 0 Å². The van der Waals surface area contributed by atoms with Gasteiger partial charge in [-0.1, -0.05) is 18.2 Å². The van der Waals surface area contributed by atoms with Gasteiger partial charge in [-0.3, -0.25) is 4.98 Å². The number of benzene rings is 2. The largest absolute Gasteiger partial charge is 0.443 e. The van der Waals surface area contributed by atoms with Crippen LogP contribution in [0.2, 0.25) is 0 Å². The Balaban J connectivity index is 1.82. The van der Waals surface area contributed by atoms with Gasteiger partial charge in [-0.05, 0) is 23.8 Å². The third-order valence-electron chi connectivity index (χ3n) is 5.31. The van der Waals surface area contributed by atoms with Crippen molar-refractivity contribution in [3.05, 3.63) is 60.3 Å². The van der Waals surface area contributed by atoms with E-state index in [1.54, 1.807) is 13.3 Å². The summed E-state index contributed by atoms with van der Waals surface area (Å²) < 4.78 is 38.6. The molecule has 0 saturated carbocycles. The van der Waals surface area contributed by atoms with Gasteiger partial charge in [0.05, 0.1) is 11.2 Å². The highest BCUT2D eigenvalue weighted by molar-refractivity contribution is 5.99. The molecule has 0 spiro atoms. The summed E-state index contributed by atoms with van der Waals surface area (Å²) >= 11 is 0. The number of anilines is 1. The number of nitrogens with two attached hydrogens (primary N) is 1. The number of carbonyl (C=O) groups is 1. The molecule has 0 bridgehead atoms. The van der Waals surface area contributed by atoms with Gasteiger partial charge in [0.1, 0.15) is 23.8 Å². The zero-order chi connectivity index (χ0) is 21.3. The highest BCUT2D eigenvalue weighted by Gasteiger charge is 2.33. The predicted octanol–water partition coefficient (Wildman–Crippen LogP) is 3.87. The maximum atomic E-state index is 13.9. The fourth-order valence-electron chi connectivity index (χ4n) is 4.00. The molecule has 1 aliphatic heterocycles. The van der Waals surface area contributed by atoms with E-state index in [4.69, 9.17) is 15.2 Å². The second kappa shape index (κ2) is 8.23. The Kier molecular flexibility index (Phi) is 5.50. The summed E-state index contributed by atoms with van der Waals surface area (Å²) in [4.78, 5) is 17.8. The summed E-state index contributed by atoms with van der Waals surface area (Å²) in [6.07, 6.45) is 0.400. The Hall–Kier alpha value is -3.26. The quantitative estimate of drug-likeness (QED) is 0.703. The summed E-state index contributed by atoms with van der Waals surface area (Å²) in [5, 5.41) is 0.851. The predicted molar refractivity (Wildman–Crippen MR) is 109 cm³/mol. The molecule has 0 aliphatic carbocycles. The van der Waals surface area contributed by atoms with Crippen molar-refractivity contribution in [2.45, 2.75) is 18.6 Å². The van der Waals surface area contributed by atoms with E-state index in [1.807, 2.05) is 24.3 Å². The summed E-state index contributed by atoms with van der Waals surface area (Å²) in [5.74, 6) is -1.32. The van der Waals surface area contributed by atoms with Crippen molar-refractivity contribution in [1.82, 2.24) is 4.98 Å². The van der Waals surface area contributed by atoms with Gasteiger partial charge >= 0.3 is 6.09 Å². The molecule has 2 N–H and O–H groups in total. The van der Waals surface area contributed by atoms with Crippen molar-refractivity contribution < 1.29 is 23.0 Å². The van der Waals surface area contributed by atoms with Crippen LogP contribution in [0.3, 0.4) is 0 Å². The van der Waals surface area contributed by atoms with Crippen LogP contribution in [0.5, 0.6) is 0 Å². The Morgan fingerprint density at radius 1 is 1.17 bits per heavy atom. The number of pyridine rings is 1. The zero-order valence-electron chi connectivity index (χ0n) is 16.3. The van der Waals surface area contributed by atoms with Crippen molar-refractivity contribution in [2.75, 3.05) is 25.1 Å². The first-order chi connectivity index (χ1) is 14.5. The Morgan fingerprint density at radius 3 is 2.60 bits per heavy atom. The monoisotopic (exact) mass is 413 g/mol. The van der Waals surface area contributed by atoms with E-state index in [-0.39, 0.29) is 0 Å². The summed E-state index contributed by atoms with van der Waals surface area (Å²) in [6, 6.07) is 11.0. The first-order valence-corrected chi connectivity index (χ1v) is 9.54. The lowest BCUT2D eigenvalue weighted by atomic mass is 9.97. The molecule has 6 nitrogen and oxygen atoms in total. The van der Waals surface area contributed by atoms with Gasteiger partial charge < -0.3 is 20.1 Å². The molecular weight excluding hydrogens is 392 g/mol. The molecule has 2 aromatic carbocycles. The number of rotatable bonds is 4. The third-order valence-corrected chi connectivity index (χ3v) is 5.31. The van der Waals surface area contributed by atoms with Crippen LogP contribution in [0.4, 0.5) is 19.3 Å². The molecule has 1 aromatic heterocycles. The molecule has 4 rings (SSSR count). The van der Waals surface area contributed by atoms with E-state index < -0.39 is 29.9 Å². The minimum Gasteiger partial charge on any atom is -0.443 e. The van der Waals surface area contributed by atoms with E-state index in [0.717, 1.165) is 22.7 Å². The Morgan fingerprint density at radius 2 is 1.90 bits per heavy atom. The molecule has 0 radical (unpaired) electrons. The Bertz CT molecular complexity index is 1070. The number of fused-ring (bicyclic) bond motifs is 1. The zero-order valence-corrected chi connectivity index (χ0v) is 16.3. The molecule has 1 saturated heterocycles. The van der Waals surface area contributed by atoms with Crippen LogP contribution in [0.15, 0.2) is 48.7 Å². The molecule has 1 fully saturated rings. The fourth-order valence-corrected chi connectivity index (χ4v) is 4.00. The van der Waals surface area contributed by atoms with E-state index in [1.165, 1.54) is 12.1 Å². The average Bonchev–Trinajstić information content (AvgIpc) is 2.72. The van der Waals surface area contributed by atoms with Crippen LogP contribution < -0.4 is 10.6 Å². The van der Waals surface area contributed by atoms with E-state index in [9.17, 15) is 13.6 Å². The lowest BCUT2D eigenvalue weighted by Gasteiger charge is -2.39. The summed E-state index contributed by atoms with van der Waals surface area (Å²) in [5.41, 5.74) is 7.74. The van der Waals surface area contributed by atoms with Crippen molar-refractivity contribution in [1.29, 1.82) is 0 Å². The molecule has 2 atom stereocenters. The van der Waals surface area contributed by atoms with Crippen LogP contribution in [0.1, 0.15) is 6.42 Å². The number of para-hydroxylation sites is 1. The van der Waals surface area contributed by atoms with E-state index >= 15 is 0 Å². The maximum Gasteiger partial charge on any atom is 0.404 e. The van der Waals surface area contributed by atoms with E-state index in [2.05, 4.69) is 9.88 Å². The number of piperidine rings is 1. The lowest BCUT2D eigenvalue weighted by Crippen LogP contribution is -2.50. The van der Waals surface area contributed by atoms with Crippen molar-refractivity contribution in [2.24, 2.45) is 5.73 Å². The number of hydrogen-bond acceptors (Lipinski definition) is 5. The highest BCUT2D eigenvalue weighted by Crippen LogP contribution is 2.38. The van der Waals surface area contributed by atoms with Gasteiger partial charge in [-0.15, -0.1) is 0 Å². The van der Waals surface area contributed by atoms with Gasteiger partial charge in [-0.2, -0.15) is 0 Å². The summed E-state index contributed by atoms with van der Waals surface area (Å²) in [7, 11) is 1.54. The third kappa shape index (κ3) is 3.91. The maximum absolute atomic E-state index is 13.9. The van der Waals surface area contributed by atoms with E-state index in [0.29, 0.717) is 30.6 Å². The molecule has 1 amide bonds. The number of hydrogen-bond donors (Lipinski definition) is 1. The second-order valence-electron chi connectivity index (χ2n) is 7.18. The van der Waals surface area contributed by atoms with Gasteiger partial charge in [0.2, 0.25) is 0 Å². The number of carbonyl (C=O) groups excluding carboxylic acids is 1.